The van der Waals surface area contributed by atoms with E-state index in [1.807, 2.05) is 83.9 Å². The number of pyridine rings is 2. The number of aryl methyl sites for hydroxylation is 3. The van der Waals surface area contributed by atoms with Crippen molar-refractivity contribution in [2.75, 3.05) is 74.5 Å². The van der Waals surface area contributed by atoms with Crippen LogP contribution in [0.4, 0.5) is 40.7 Å². The van der Waals surface area contributed by atoms with Gasteiger partial charge in [-0.2, -0.15) is 15.0 Å². The maximum atomic E-state index is 14.6. The number of ether oxygens (including phenoxy) is 4. The molecular formula is C69H79N13O7. The quantitative estimate of drug-likeness (QED) is 0.0587. The molecule has 20 nitrogen and oxygen atoms in total. The van der Waals surface area contributed by atoms with Crippen molar-refractivity contribution in [1.29, 1.82) is 0 Å². The standard InChI is InChI=1S/C69H79N13O7/c1-40-28-43(47-22-24-79(4)38-47)12-18-58(40)73-67-70-35-46-13-21-61(83)81(64(46)76-67)49-14-10-44(31-49)55-34-63(85)82(66-57(55)37-72-69(78-66)75-60-20-17-52(30-42(60)3)89-53-23-25-87-39-53)50-15-11-45(32-50)54-33-62(84)80(48-8-6-7-9-48)65-56(54)36-71-68(77-65)74-59-19-16-51(29-41(59)2)88-27-26-86-5/h12-13,16-21,28-30,33-37,44-45,47-50,53,63,85H,6-11,14-15,22-27,31-32,38-39H2,1-5H3,(H,70,73,76)(H,71,74,77)(H,72,75,78). The van der Waals surface area contributed by atoms with E-state index in [-0.39, 0.29) is 47.2 Å². The summed E-state index contributed by atoms with van der Waals surface area (Å²) in [5.74, 6) is 3.84. The summed E-state index contributed by atoms with van der Waals surface area (Å²) in [6, 6.07) is 23.4. The van der Waals surface area contributed by atoms with E-state index < -0.39 is 6.23 Å². The van der Waals surface area contributed by atoms with Gasteiger partial charge < -0.3 is 49.8 Å². The van der Waals surface area contributed by atoms with E-state index in [1.165, 1.54) is 5.56 Å². The lowest BCUT2D eigenvalue weighted by Gasteiger charge is -2.39. The van der Waals surface area contributed by atoms with Gasteiger partial charge in [0.2, 0.25) is 17.8 Å². The Labute approximate surface area is 517 Å². The zero-order valence-corrected chi connectivity index (χ0v) is 51.5. The molecule has 462 valence electrons. The fourth-order valence-electron chi connectivity index (χ4n) is 14.9. The Bertz CT molecular complexity index is 4120. The minimum absolute atomic E-state index is 0.0214. The third-order valence-electron chi connectivity index (χ3n) is 19.6. The summed E-state index contributed by atoms with van der Waals surface area (Å²) in [4.78, 5) is 63.3. The number of nitrogens with one attached hydrogen (secondary N) is 3. The van der Waals surface area contributed by atoms with Gasteiger partial charge in [0.15, 0.2) is 0 Å². The van der Waals surface area contributed by atoms with E-state index in [2.05, 4.69) is 57.9 Å². The molecule has 3 aromatic carbocycles. The third kappa shape index (κ3) is 11.9. The molecule has 8 heterocycles. The number of allylic oxidation sites excluding steroid dienone is 1. The molecule has 6 aliphatic rings. The number of rotatable bonds is 18. The molecule has 0 amide bonds. The lowest BCUT2D eigenvalue weighted by atomic mass is 9.88. The molecule has 3 saturated carbocycles. The van der Waals surface area contributed by atoms with Gasteiger partial charge in [0.25, 0.3) is 11.1 Å². The van der Waals surface area contributed by atoms with Gasteiger partial charge in [0.1, 0.15) is 47.5 Å². The predicted octanol–water partition coefficient (Wildman–Crippen LogP) is 11.5. The van der Waals surface area contributed by atoms with Crippen LogP contribution in [0.1, 0.15) is 134 Å². The molecule has 7 atom stereocenters. The average molecular weight is 1200 g/mol. The molecule has 2 saturated heterocycles. The number of aromatic nitrogens is 8. The fourth-order valence-corrected chi connectivity index (χ4v) is 14.9. The Morgan fingerprint density at radius 1 is 0.640 bits per heavy atom. The maximum Gasteiger partial charge on any atom is 0.252 e. The van der Waals surface area contributed by atoms with E-state index in [0.29, 0.717) is 80.1 Å². The Kier molecular flexibility index (Phi) is 16.4. The molecule has 0 bridgehead atoms. The zero-order valence-electron chi connectivity index (χ0n) is 51.5. The van der Waals surface area contributed by atoms with Gasteiger partial charge in [0.05, 0.1) is 19.8 Å². The summed E-state index contributed by atoms with van der Waals surface area (Å²) >= 11 is 0. The van der Waals surface area contributed by atoms with Gasteiger partial charge in [-0.05, 0) is 198 Å². The number of anilines is 7. The molecule has 5 aromatic heterocycles. The first kappa shape index (κ1) is 58.4. The fraction of sp³-hybridized carbons (Fsp3) is 0.449. The number of aliphatic hydroxyl groups excluding tert-OH is 1. The first-order valence-electron chi connectivity index (χ1n) is 31.9. The van der Waals surface area contributed by atoms with Gasteiger partial charge >= 0.3 is 0 Å². The van der Waals surface area contributed by atoms with Crippen molar-refractivity contribution in [2.24, 2.45) is 5.92 Å². The molecule has 4 N–H and O–H groups in total. The van der Waals surface area contributed by atoms with Crippen molar-refractivity contribution >= 4 is 68.4 Å². The molecule has 14 rings (SSSR count). The largest absolute Gasteiger partial charge is 0.491 e. The number of fused-ring (bicyclic) bond motifs is 3. The van der Waals surface area contributed by atoms with Gasteiger partial charge in [-0.25, -0.2) is 15.0 Å². The number of hydrogen-bond donors (Lipinski definition) is 4. The summed E-state index contributed by atoms with van der Waals surface area (Å²) in [6.45, 7) is 10.5. The van der Waals surface area contributed by atoms with Gasteiger partial charge in [-0.1, -0.05) is 25.0 Å². The normalized spacial score (nSPS) is 22.9. The van der Waals surface area contributed by atoms with Crippen LogP contribution in [0.3, 0.4) is 0 Å². The minimum atomic E-state index is -1.03. The Morgan fingerprint density at radius 2 is 1.31 bits per heavy atom. The Balaban J connectivity index is 0.759. The molecule has 0 radical (unpaired) electrons. The summed E-state index contributed by atoms with van der Waals surface area (Å²) in [5, 5.41) is 24.8. The second-order valence-corrected chi connectivity index (χ2v) is 25.5. The lowest BCUT2D eigenvalue weighted by molar-refractivity contribution is 0.141. The van der Waals surface area contributed by atoms with Crippen molar-refractivity contribution in [1.82, 2.24) is 43.9 Å². The SMILES string of the molecule is COCCOc1ccc(Nc2ncc3c(C4CCC(N5c6nc(Nc7ccc(OC8CCOC8)cc7C)ncc6C(C6CCC(n7c(=O)ccc8cnc(Nc9ccc(C%10CCN(C)C%10)cc9C)nc87)C6)=CC5O)C4)cc(=O)n(C4CCCC4)c3n2)c(C)c1. The van der Waals surface area contributed by atoms with Crippen LogP contribution in [0, 0.1) is 26.7 Å². The van der Waals surface area contributed by atoms with E-state index in [0.717, 1.165) is 150 Å². The van der Waals surface area contributed by atoms with Crippen molar-refractivity contribution < 1.29 is 24.1 Å². The maximum absolute atomic E-state index is 14.6. The topological polar surface area (TPSA) is 221 Å². The van der Waals surface area contributed by atoms with Crippen LogP contribution in [-0.2, 0) is 9.47 Å². The average Bonchev–Trinajstić information content (AvgIpc) is 2.18. The van der Waals surface area contributed by atoms with E-state index in [4.69, 9.17) is 48.9 Å². The van der Waals surface area contributed by atoms with Crippen molar-refractivity contribution in [3.05, 3.63) is 152 Å². The molecule has 0 spiro atoms. The highest BCUT2D eigenvalue weighted by Gasteiger charge is 2.42. The third-order valence-corrected chi connectivity index (χ3v) is 19.6. The van der Waals surface area contributed by atoms with Crippen LogP contribution in [0.25, 0.3) is 27.6 Å². The van der Waals surface area contributed by atoms with E-state index in [1.54, 1.807) is 25.4 Å². The molecule has 8 aromatic rings. The molecule has 3 aliphatic carbocycles. The highest BCUT2D eigenvalue weighted by molar-refractivity contribution is 5.83. The summed E-state index contributed by atoms with van der Waals surface area (Å²) in [6.07, 6.45) is 16.8. The van der Waals surface area contributed by atoms with Crippen molar-refractivity contribution in [3.63, 3.8) is 0 Å². The first-order valence-corrected chi connectivity index (χ1v) is 31.9. The van der Waals surface area contributed by atoms with Crippen molar-refractivity contribution in [3.8, 4) is 11.5 Å². The zero-order chi connectivity index (χ0) is 60.9. The van der Waals surface area contributed by atoms with Crippen molar-refractivity contribution in [2.45, 2.75) is 140 Å². The summed E-state index contributed by atoms with van der Waals surface area (Å²) < 4.78 is 26.6. The second-order valence-electron chi connectivity index (χ2n) is 25.5. The number of nitrogens with zero attached hydrogens (tertiary/aromatic N) is 10. The monoisotopic (exact) mass is 1200 g/mol. The van der Waals surface area contributed by atoms with Gasteiger partial charge in [-0.3, -0.25) is 18.7 Å². The first-order chi connectivity index (χ1) is 43.4. The Morgan fingerprint density at radius 3 is 2.04 bits per heavy atom. The predicted molar refractivity (Wildman–Crippen MR) is 346 cm³/mol. The molecule has 5 fully saturated rings. The second kappa shape index (κ2) is 24.9. The Hall–Kier alpha value is -8.30. The van der Waals surface area contributed by atoms with Crippen LogP contribution in [0.5, 0.6) is 11.5 Å². The number of likely N-dealkylation sites (N-methyl/N-ethyl adjacent to an activating group) is 1. The van der Waals surface area contributed by atoms with Crippen LogP contribution in [0.2, 0.25) is 0 Å². The summed E-state index contributed by atoms with van der Waals surface area (Å²) in [7, 11) is 3.83. The molecule has 20 heteroatoms. The number of methoxy groups -OCH3 is 1. The van der Waals surface area contributed by atoms with Crippen LogP contribution in [-0.4, -0.2) is 121 Å². The molecule has 7 unspecified atom stereocenters. The van der Waals surface area contributed by atoms with Gasteiger partial charge in [-0.15, -0.1) is 0 Å². The smallest absolute Gasteiger partial charge is 0.252 e. The minimum Gasteiger partial charge on any atom is -0.491 e. The van der Waals surface area contributed by atoms with Crippen LogP contribution < -0.4 is 41.4 Å². The number of likely N-dealkylation sites (tertiary alicyclic amines) is 1. The molecular weight excluding hydrogens is 1120 g/mol. The van der Waals surface area contributed by atoms with Crippen LogP contribution >= 0.6 is 0 Å². The van der Waals surface area contributed by atoms with Gasteiger partial charge in [0, 0.05) is 102 Å². The molecule has 89 heavy (non-hydrogen) atoms. The summed E-state index contributed by atoms with van der Waals surface area (Å²) in [5.41, 5.74) is 10.7. The number of aliphatic hydroxyl groups is 1. The lowest BCUT2D eigenvalue weighted by Crippen LogP contribution is -2.44. The number of hydrogen-bond acceptors (Lipinski definition) is 18. The highest BCUT2D eigenvalue weighted by Crippen LogP contribution is 2.50. The molecule has 3 aliphatic heterocycles. The van der Waals surface area contributed by atoms with Crippen LogP contribution in [0.15, 0.2) is 107 Å². The van der Waals surface area contributed by atoms with E-state index >= 15 is 0 Å². The number of benzene rings is 3. The highest BCUT2D eigenvalue weighted by atomic mass is 16.5. The van der Waals surface area contributed by atoms with E-state index in [9.17, 15) is 14.7 Å².